The van der Waals surface area contributed by atoms with E-state index in [9.17, 15) is 14.4 Å². The third-order valence-corrected chi connectivity index (χ3v) is 6.10. The van der Waals surface area contributed by atoms with E-state index in [1.54, 1.807) is 66.7 Å². The molecule has 0 aliphatic carbocycles. The molecule has 0 saturated carbocycles. The molecule has 1 fully saturated rings. The lowest BCUT2D eigenvalue weighted by atomic mass is 10.0. The Hall–Kier alpha value is -3.82. The van der Waals surface area contributed by atoms with Crippen LogP contribution in [-0.2, 0) is 19.1 Å². The van der Waals surface area contributed by atoms with E-state index >= 15 is 0 Å². The highest BCUT2D eigenvalue weighted by Gasteiger charge is 2.41. The lowest BCUT2D eigenvalue weighted by Gasteiger charge is -2.36. The molecule has 1 aliphatic heterocycles. The van der Waals surface area contributed by atoms with Crippen molar-refractivity contribution in [2.24, 2.45) is 0 Å². The second-order valence-corrected chi connectivity index (χ2v) is 8.57. The van der Waals surface area contributed by atoms with E-state index in [0.717, 1.165) is 0 Å². The number of nitrogens with zero attached hydrogens (tertiary/aromatic N) is 2. The molecule has 4 rings (SSSR count). The Kier molecular flexibility index (Phi) is 7.38. The standard InChI is InChI=1S/C26H19BrN2O5S/c1-33-23(30)16-34-22-13-12-17(15-21(22)27)14-20-24(31)28(18-8-4-2-5-9-18)26(35)29(25(20)32)19-10-6-3-7-11-19/h2-15H,16H2,1H3. The summed E-state index contributed by atoms with van der Waals surface area (Å²) in [5.41, 5.74) is 1.62. The quantitative estimate of drug-likeness (QED) is 0.191. The van der Waals surface area contributed by atoms with Crippen LogP contribution >= 0.6 is 28.1 Å². The number of carbonyl (C=O) groups excluding carboxylic acids is 3. The molecular formula is C26H19BrN2O5S. The first kappa shape index (κ1) is 24.3. The van der Waals surface area contributed by atoms with Crippen LogP contribution in [0, 0.1) is 0 Å². The van der Waals surface area contributed by atoms with Crippen LogP contribution in [0.5, 0.6) is 5.75 Å². The first-order valence-electron chi connectivity index (χ1n) is 10.4. The van der Waals surface area contributed by atoms with E-state index in [-0.39, 0.29) is 17.3 Å². The van der Waals surface area contributed by atoms with E-state index in [2.05, 4.69) is 20.7 Å². The summed E-state index contributed by atoms with van der Waals surface area (Å²) in [5, 5.41) is 0.0716. The maximum Gasteiger partial charge on any atom is 0.343 e. The van der Waals surface area contributed by atoms with Gasteiger partial charge in [-0.1, -0.05) is 42.5 Å². The average Bonchev–Trinajstić information content (AvgIpc) is 2.87. The van der Waals surface area contributed by atoms with Crippen molar-refractivity contribution in [3.05, 3.63) is 94.5 Å². The fraction of sp³-hybridized carbons (Fsp3) is 0.0769. The summed E-state index contributed by atoms with van der Waals surface area (Å²) >= 11 is 9.01. The van der Waals surface area contributed by atoms with Gasteiger partial charge in [-0.15, -0.1) is 0 Å². The third-order valence-electron chi connectivity index (χ3n) is 5.12. The Morgan fingerprint density at radius 1 is 0.914 bits per heavy atom. The van der Waals surface area contributed by atoms with Gasteiger partial charge in [-0.25, -0.2) is 4.79 Å². The molecule has 0 N–H and O–H groups in total. The number of anilines is 2. The topological polar surface area (TPSA) is 76.2 Å². The predicted octanol–water partition coefficient (Wildman–Crippen LogP) is 4.75. The van der Waals surface area contributed by atoms with Gasteiger partial charge in [0.25, 0.3) is 11.8 Å². The number of carbonyl (C=O) groups is 3. The van der Waals surface area contributed by atoms with E-state index in [4.69, 9.17) is 17.0 Å². The molecule has 1 heterocycles. The summed E-state index contributed by atoms with van der Waals surface area (Å²) in [7, 11) is 1.28. The molecule has 2 amide bonds. The Morgan fingerprint density at radius 3 is 1.94 bits per heavy atom. The number of halogens is 1. The van der Waals surface area contributed by atoms with Crippen molar-refractivity contribution in [3.63, 3.8) is 0 Å². The van der Waals surface area contributed by atoms with Crippen molar-refractivity contribution in [1.29, 1.82) is 0 Å². The minimum Gasteiger partial charge on any atom is -0.481 e. The third kappa shape index (κ3) is 5.16. The molecule has 7 nitrogen and oxygen atoms in total. The summed E-state index contributed by atoms with van der Waals surface area (Å²) < 4.78 is 10.6. The normalized spacial score (nSPS) is 13.7. The van der Waals surface area contributed by atoms with Crippen LogP contribution in [0.25, 0.3) is 6.08 Å². The van der Waals surface area contributed by atoms with Gasteiger partial charge in [0.15, 0.2) is 11.7 Å². The molecule has 0 atom stereocenters. The van der Waals surface area contributed by atoms with Gasteiger partial charge in [0.2, 0.25) is 0 Å². The fourth-order valence-electron chi connectivity index (χ4n) is 3.43. The SMILES string of the molecule is COC(=O)COc1ccc(C=C2C(=O)N(c3ccccc3)C(=S)N(c3ccccc3)C2=O)cc1Br. The van der Waals surface area contributed by atoms with Crippen LogP contribution in [0.2, 0.25) is 0 Å². The Bertz CT molecular complexity index is 1260. The smallest absolute Gasteiger partial charge is 0.343 e. The summed E-state index contributed by atoms with van der Waals surface area (Å²) in [6.45, 7) is -0.248. The van der Waals surface area contributed by atoms with Crippen molar-refractivity contribution < 1.29 is 23.9 Å². The highest BCUT2D eigenvalue weighted by molar-refractivity contribution is 9.10. The number of hydrogen-bond donors (Lipinski definition) is 0. The molecule has 3 aromatic carbocycles. The number of ether oxygens (including phenoxy) is 2. The highest BCUT2D eigenvalue weighted by Crippen LogP contribution is 2.31. The fourth-order valence-corrected chi connectivity index (χ4v) is 4.31. The summed E-state index contributed by atoms with van der Waals surface area (Å²) in [6, 6.07) is 22.9. The highest BCUT2D eigenvalue weighted by atomic mass is 79.9. The zero-order chi connectivity index (χ0) is 24.9. The monoisotopic (exact) mass is 550 g/mol. The van der Waals surface area contributed by atoms with Gasteiger partial charge in [-0.2, -0.15) is 0 Å². The zero-order valence-corrected chi connectivity index (χ0v) is 20.9. The van der Waals surface area contributed by atoms with Crippen LogP contribution < -0.4 is 14.5 Å². The van der Waals surface area contributed by atoms with Crippen LogP contribution in [0.1, 0.15) is 5.56 Å². The molecule has 1 aliphatic rings. The molecule has 0 bridgehead atoms. The molecule has 1 saturated heterocycles. The number of methoxy groups -OCH3 is 1. The maximum atomic E-state index is 13.5. The number of esters is 1. The van der Waals surface area contributed by atoms with E-state index in [1.807, 2.05) is 12.1 Å². The van der Waals surface area contributed by atoms with Crippen molar-refractivity contribution in [3.8, 4) is 5.75 Å². The number of para-hydroxylation sites is 2. The second kappa shape index (κ2) is 10.6. The van der Waals surface area contributed by atoms with Gasteiger partial charge in [0, 0.05) is 0 Å². The predicted molar refractivity (Wildman–Crippen MR) is 140 cm³/mol. The lowest BCUT2D eigenvalue weighted by molar-refractivity contribution is -0.143. The summed E-state index contributed by atoms with van der Waals surface area (Å²) in [6.07, 6.45) is 1.51. The molecule has 0 unspecified atom stereocenters. The van der Waals surface area contributed by atoms with Crippen LogP contribution in [0.15, 0.2) is 88.9 Å². The van der Waals surface area contributed by atoms with Gasteiger partial charge in [-0.3, -0.25) is 19.4 Å². The van der Waals surface area contributed by atoms with E-state index < -0.39 is 17.8 Å². The minimum atomic E-state index is -0.527. The Labute approximate surface area is 215 Å². The van der Waals surface area contributed by atoms with E-state index in [0.29, 0.717) is 27.2 Å². The van der Waals surface area contributed by atoms with Crippen LogP contribution in [-0.4, -0.2) is 36.6 Å². The van der Waals surface area contributed by atoms with Crippen molar-refractivity contribution in [2.75, 3.05) is 23.5 Å². The Morgan fingerprint density at radius 2 is 1.46 bits per heavy atom. The van der Waals surface area contributed by atoms with Crippen molar-refractivity contribution in [1.82, 2.24) is 0 Å². The van der Waals surface area contributed by atoms with Gasteiger partial charge in [0.1, 0.15) is 11.3 Å². The molecule has 176 valence electrons. The number of rotatable bonds is 6. The Balaban J connectivity index is 1.74. The number of thiocarbonyl (C=S) groups is 1. The number of benzene rings is 3. The molecule has 9 heteroatoms. The van der Waals surface area contributed by atoms with Gasteiger partial charge in [-0.05, 0) is 76.2 Å². The van der Waals surface area contributed by atoms with Crippen molar-refractivity contribution in [2.45, 2.75) is 0 Å². The second-order valence-electron chi connectivity index (χ2n) is 7.35. The molecule has 0 spiro atoms. The molecular weight excluding hydrogens is 532 g/mol. The molecule has 35 heavy (non-hydrogen) atoms. The molecule has 0 aromatic heterocycles. The molecule has 3 aromatic rings. The maximum absolute atomic E-state index is 13.5. The molecule has 0 radical (unpaired) electrons. The van der Waals surface area contributed by atoms with Gasteiger partial charge < -0.3 is 9.47 Å². The minimum absolute atomic E-state index is 0.0542. The number of amides is 2. The van der Waals surface area contributed by atoms with Gasteiger partial charge >= 0.3 is 5.97 Å². The first-order chi connectivity index (χ1) is 16.9. The van der Waals surface area contributed by atoms with Crippen LogP contribution in [0.4, 0.5) is 11.4 Å². The summed E-state index contributed by atoms with van der Waals surface area (Å²) in [5.74, 6) is -1.16. The largest absolute Gasteiger partial charge is 0.481 e. The van der Waals surface area contributed by atoms with Crippen molar-refractivity contribution >= 4 is 68.5 Å². The van der Waals surface area contributed by atoms with Gasteiger partial charge in [0.05, 0.1) is 23.0 Å². The number of hydrogen-bond acceptors (Lipinski definition) is 6. The van der Waals surface area contributed by atoms with Crippen LogP contribution in [0.3, 0.4) is 0 Å². The first-order valence-corrected chi connectivity index (χ1v) is 11.6. The van der Waals surface area contributed by atoms with E-state index in [1.165, 1.54) is 23.0 Å². The average molecular weight is 551 g/mol. The summed E-state index contributed by atoms with van der Waals surface area (Å²) in [4.78, 5) is 41.1. The lowest BCUT2D eigenvalue weighted by Crippen LogP contribution is -2.56. The zero-order valence-electron chi connectivity index (χ0n) is 18.5.